The molecule has 0 heterocycles. The average Bonchev–Trinajstić information content (AvgIpc) is 2.74. The highest BCUT2D eigenvalue weighted by Gasteiger charge is 2.25. The summed E-state index contributed by atoms with van der Waals surface area (Å²) < 4.78 is 0. The summed E-state index contributed by atoms with van der Waals surface area (Å²) in [5.41, 5.74) is 9.17. The van der Waals surface area contributed by atoms with E-state index in [1.165, 1.54) is 0 Å². The molecule has 0 spiro atoms. The van der Waals surface area contributed by atoms with Crippen molar-refractivity contribution in [1.29, 1.82) is 0 Å². The summed E-state index contributed by atoms with van der Waals surface area (Å²) in [6.45, 7) is 6.30. The average molecular weight is 410 g/mol. The van der Waals surface area contributed by atoms with Crippen molar-refractivity contribution in [1.82, 2.24) is 10.6 Å². The van der Waals surface area contributed by atoms with Gasteiger partial charge in [-0.15, -0.1) is 0 Å². The van der Waals surface area contributed by atoms with Gasteiger partial charge in [0, 0.05) is 23.1 Å². The Morgan fingerprint density at radius 1 is 1.10 bits per heavy atom. The molecule has 7 heteroatoms. The van der Waals surface area contributed by atoms with Crippen molar-refractivity contribution in [3.63, 3.8) is 0 Å². The molecule has 2 rings (SSSR count). The Kier molecular flexibility index (Phi) is 9.16. The summed E-state index contributed by atoms with van der Waals surface area (Å²) in [7, 11) is 0. The van der Waals surface area contributed by atoms with Gasteiger partial charge in [-0.2, -0.15) is 0 Å². The predicted octanol–water partition coefficient (Wildman–Crippen LogP) is 4.97. The topological polar surface area (TPSA) is 107 Å². The molecule has 2 atom stereocenters. The number of nitrogens with zero attached hydrogens (tertiary/aromatic N) is 3. The van der Waals surface area contributed by atoms with Crippen LogP contribution < -0.4 is 10.6 Å². The van der Waals surface area contributed by atoms with Gasteiger partial charge in [0.2, 0.25) is 5.91 Å². The third kappa shape index (κ3) is 6.78. The second-order valence-corrected chi connectivity index (χ2v) is 7.94. The Labute approximate surface area is 177 Å². The number of nitrogens with one attached hydrogen (secondary N) is 2. The van der Waals surface area contributed by atoms with Gasteiger partial charge in [0.15, 0.2) is 0 Å². The number of carbonyl (C=O) groups is 2. The summed E-state index contributed by atoms with van der Waals surface area (Å²) >= 11 is 0. The maximum Gasteiger partial charge on any atom is 0.252 e. The molecule has 2 N–H and O–H groups in total. The number of amides is 2. The quantitative estimate of drug-likeness (QED) is 0.310. The van der Waals surface area contributed by atoms with Gasteiger partial charge in [0.1, 0.15) is 6.04 Å². The molecule has 0 bridgehead atoms. The molecular formula is C23H31N5O2. The van der Waals surface area contributed by atoms with Crippen LogP contribution in [0.5, 0.6) is 0 Å². The van der Waals surface area contributed by atoms with Crippen molar-refractivity contribution < 1.29 is 9.59 Å². The fraction of sp³-hybridized carbons (Fsp3) is 0.478. The lowest BCUT2D eigenvalue weighted by Gasteiger charge is -2.24. The predicted molar refractivity (Wildman–Crippen MR) is 120 cm³/mol. The van der Waals surface area contributed by atoms with Gasteiger partial charge in [0.25, 0.3) is 5.91 Å². The zero-order chi connectivity index (χ0) is 21.9. The molecule has 0 aromatic heterocycles. The molecule has 2 amide bonds. The number of fused-ring (bicyclic) bond motifs is 1. The number of carbonyl (C=O) groups excluding carboxylic acids is 2. The molecule has 0 saturated carbocycles. The molecule has 30 heavy (non-hydrogen) atoms. The summed E-state index contributed by atoms with van der Waals surface area (Å²) in [5.74, 6) is -0.293. The molecule has 7 nitrogen and oxygen atoms in total. The standard InChI is InChI=1S/C23H31N5O2/c1-4-5-11-18(15-25-28-24)26-23(30)21(14-16(2)3)27-22(29)20-13-8-10-17-9-6-7-12-19(17)20/h6-10,12-13,16,18,21H,4-5,11,14-15H2,1-3H3,(H,26,30)(H,27,29)/t18-,21-/m0/s1. The van der Waals surface area contributed by atoms with Crippen molar-refractivity contribution in [3.05, 3.63) is 58.5 Å². The van der Waals surface area contributed by atoms with Crippen molar-refractivity contribution in [2.45, 2.75) is 58.5 Å². The van der Waals surface area contributed by atoms with Gasteiger partial charge in [-0.3, -0.25) is 9.59 Å². The molecular weight excluding hydrogens is 378 g/mol. The number of hydrogen-bond donors (Lipinski definition) is 2. The van der Waals surface area contributed by atoms with Crippen molar-refractivity contribution >= 4 is 22.6 Å². The Morgan fingerprint density at radius 3 is 2.53 bits per heavy atom. The van der Waals surface area contributed by atoms with Crippen LogP contribution in [0.3, 0.4) is 0 Å². The summed E-state index contributed by atoms with van der Waals surface area (Å²) in [6.07, 6.45) is 3.15. The first-order valence-corrected chi connectivity index (χ1v) is 10.6. The van der Waals surface area contributed by atoms with E-state index in [1.54, 1.807) is 6.07 Å². The molecule has 0 saturated heterocycles. The van der Waals surface area contributed by atoms with Crippen LogP contribution in [-0.2, 0) is 4.79 Å². The lowest BCUT2D eigenvalue weighted by molar-refractivity contribution is -0.124. The van der Waals surface area contributed by atoms with Crippen LogP contribution in [0.2, 0.25) is 0 Å². The van der Waals surface area contributed by atoms with E-state index in [0.717, 1.165) is 30.0 Å². The highest BCUT2D eigenvalue weighted by molar-refractivity contribution is 6.08. The lowest BCUT2D eigenvalue weighted by Crippen LogP contribution is -2.50. The number of rotatable bonds is 11. The monoisotopic (exact) mass is 409 g/mol. The fourth-order valence-corrected chi connectivity index (χ4v) is 3.46. The van der Waals surface area contributed by atoms with Crippen molar-refractivity contribution in [3.8, 4) is 0 Å². The molecule has 0 fully saturated rings. The number of hydrogen-bond acceptors (Lipinski definition) is 3. The largest absolute Gasteiger partial charge is 0.351 e. The third-order valence-corrected chi connectivity index (χ3v) is 4.98. The summed E-state index contributed by atoms with van der Waals surface area (Å²) in [4.78, 5) is 28.8. The first kappa shape index (κ1) is 23.2. The Balaban J connectivity index is 2.18. The maximum atomic E-state index is 13.0. The number of unbranched alkanes of at least 4 members (excludes halogenated alkanes) is 1. The second-order valence-electron chi connectivity index (χ2n) is 7.94. The highest BCUT2D eigenvalue weighted by atomic mass is 16.2. The molecule has 0 unspecified atom stereocenters. The van der Waals surface area contributed by atoms with Crippen LogP contribution in [0, 0.1) is 5.92 Å². The van der Waals surface area contributed by atoms with E-state index in [4.69, 9.17) is 5.53 Å². The Bertz CT molecular complexity index is 900. The Hall–Kier alpha value is -3.05. The molecule has 0 radical (unpaired) electrons. The van der Waals surface area contributed by atoms with Crippen molar-refractivity contribution in [2.24, 2.45) is 11.0 Å². The van der Waals surface area contributed by atoms with E-state index in [0.29, 0.717) is 12.0 Å². The van der Waals surface area contributed by atoms with Crippen LogP contribution in [0.15, 0.2) is 47.6 Å². The van der Waals surface area contributed by atoms with Gasteiger partial charge >= 0.3 is 0 Å². The van der Waals surface area contributed by atoms with Crippen LogP contribution in [0.25, 0.3) is 21.2 Å². The fourth-order valence-electron chi connectivity index (χ4n) is 3.46. The van der Waals surface area contributed by atoms with E-state index in [9.17, 15) is 9.59 Å². The van der Waals surface area contributed by atoms with Gasteiger partial charge in [-0.1, -0.05) is 75.1 Å². The summed E-state index contributed by atoms with van der Waals surface area (Å²) in [5, 5.41) is 11.3. The molecule has 160 valence electrons. The van der Waals surface area contributed by atoms with Crippen LogP contribution in [-0.4, -0.2) is 30.4 Å². The maximum absolute atomic E-state index is 13.0. The molecule has 0 aliphatic heterocycles. The Morgan fingerprint density at radius 2 is 1.83 bits per heavy atom. The minimum atomic E-state index is -0.660. The van der Waals surface area contributed by atoms with E-state index in [1.807, 2.05) is 50.2 Å². The van der Waals surface area contributed by atoms with Crippen LogP contribution in [0.1, 0.15) is 56.8 Å². The third-order valence-electron chi connectivity index (χ3n) is 4.98. The molecule has 0 aliphatic carbocycles. The van der Waals surface area contributed by atoms with E-state index in [2.05, 4.69) is 27.6 Å². The first-order chi connectivity index (χ1) is 14.5. The molecule has 2 aromatic carbocycles. The SMILES string of the molecule is CCCC[C@@H](CN=[N+]=[N-])NC(=O)[C@H](CC(C)C)NC(=O)c1cccc2ccccc12. The minimum Gasteiger partial charge on any atom is -0.351 e. The van der Waals surface area contributed by atoms with Crippen LogP contribution in [0.4, 0.5) is 0 Å². The normalized spacial score (nSPS) is 12.8. The van der Waals surface area contributed by atoms with Crippen LogP contribution >= 0.6 is 0 Å². The number of benzene rings is 2. The van der Waals surface area contributed by atoms with Crippen molar-refractivity contribution in [2.75, 3.05) is 6.54 Å². The lowest BCUT2D eigenvalue weighted by atomic mass is 10.00. The van der Waals surface area contributed by atoms with E-state index < -0.39 is 6.04 Å². The minimum absolute atomic E-state index is 0.202. The van der Waals surface area contributed by atoms with E-state index >= 15 is 0 Å². The van der Waals surface area contributed by atoms with Gasteiger partial charge < -0.3 is 10.6 Å². The molecule has 0 aliphatic rings. The smallest absolute Gasteiger partial charge is 0.252 e. The summed E-state index contributed by atoms with van der Waals surface area (Å²) in [6, 6.07) is 12.4. The van der Waals surface area contributed by atoms with Gasteiger partial charge in [0.05, 0.1) is 0 Å². The highest BCUT2D eigenvalue weighted by Crippen LogP contribution is 2.19. The van der Waals surface area contributed by atoms with Gasteiger partial charge in [-0.05, 0) is 41.1 Å². The first-order valence-electron chi connectivity index (χ1n) is 10.6. The zero-order valence-corrected chi connectivity index (χ0v) is 18.0. The second kappa shape index (κ2) is 11.8. The van der Waals surface area contributed by atoms with Gasteiger partial charge in [-0.25, -0.2) is 0 Å². The zero-order valence-electron chi connectivity index (χ0n) is 18.0. The molecule has 2 aromatic rings. The van der Waals surface area contributed by atoms with E-state index in [-0.39, 0.29) is 30.3 Å². The number of azide groups is 1.